The Balaban J connectivity index is 1.63. The number of nitrogens with one attached hydrogen (secondary N) is 1. The highest BCUT2D eigenvalue weighted by Gasteiger charge is 2.18. The van der Waals surface area contributed by atoms with Gasteiger partial charge in [0.2, 0.25) is 5.91 Å². The van der Waals surface area contributed by atoms with E-state index in [4.69, 9.17) is 9.47 Å². The summed E-state index contributed by atoms with van der Waals surface area (Å²) in [4.78, 5) is 12.1. The molecule has 1 saturated heterocycles. The molecular weight excluding hydrogens is 364 g/mol. The Morgan fingerprint density at radius 3 is 2.93 bits per heavy atom. The van der Waals surface area contributed by atoms with Gasteiger partial charge in [0.15, 0.2) is 11.0 Å². The van der Waals surface area contributed by atoms with Gasteiger partial charge in [-0.15, -0.1) is 16.8 Å². The van der Waals surface area contributed by atoms with Gasteiger partial charge in [0, 0.05) is 25.3 Å². The van der Waals surface area contributed by atoms with Crippen molar-refractivity contribution in [1.29, 1.82) is 0 Å². The molecule has 0 bridgehead atoms. The Kier molecular flexibility index (Phi) is 6.89. The van der Waals surface area contributed by atoms with Crippen molar-refractivity contribution in [3.8, 4) is 17.1 Å². The largest absolute Gasteiger partial charge is 0.497 e. The van der Waals surface area contributed by atoms with E-state index in [0.29, 0.717) is 18.2 Å². The molecule has 0 aliphatic carbocycles. The average Bonchev–Trinajstić information content (AvgIpc) is 3.35. The summed E-state index contributed by atoms with van der Waals surface area (Å²) in [6.07, 6.45) is 4.00. The molecule has 1 aliphatic heterocycles. The van der Waals surface area contributed by atoms with Crippen molar-refractivity contribution in [2.24, 2.45) is 0 Å². The maximum Gasteiger partial charge on any atom is 0.230 e. The number of benzene rings is 1. The summed E-state index contributed by atoms with van der Waals surface area (Å²) in [7, 11) is 1.63. The van der Waals surface area contributed by atoms with Crippen molar-refractivity contribution in [3.63, 3.8) is 0 Å². The van der Waals surface area contributed by atoms with Crippen LogP contribution in [0.15, 0.2) is 42.1 Å². The maximum absolute atomic E-state index is 12.1. The first-order chi connectivity index (χ1) is 13.2. The van der Waals surface area contributed by atoms with Crippen LogP contribution in [0.25, 0.3) is 11.4 Å². The normalized spacial score (nSPS) is 16.3. The second-order valence-electron chi connectivity index (χ2n) is 6.16. The van der Waals surface area contributed by atoms with Gasteiger partial charge in [-0.25, -0.2) is 0 Å². The molecule has 1 aromatic carbocycles. The van der Waals surface area contributed by atoms with Gasteiger partial charge in [0.25, 0.3) is 0 Å². The molecule has 1 atom stereocenters. The standard InChI is InChI=1S/C19H24N4O3S/c1-3-10-23-18(14-6-8-15(25-2)9-7-14)21-22-19(23)27-13-17(24)20-12-16-5-4-11-26-16/h3,6-9,16H,1,4-5,10-13H2,2H3,(H,20,24)/t16-/m1/s1. The molecule has 7 nitrogen and oxygen atoms in total. The third-order valence-electron chi connectivity index (χ3n) is 4.26. The summed E-state index contributed by atoms with van der Waals surface area (Å²) < 4.78 is 12.7. The predicted molar refractivity (Wildman–Crippen MR) is 105 cm³/mol. The van der Waals surface area contributed by atoms with Crippen molar-refractivity contribution in [2.75, 3.05) is 26.0 Å². The first kappa shape index (κ1) is 19.4. The minimum atomic E-state index is -0.0327. The van der Waals surface area contributed by atoms with Crippen molar-refractivity contribution in [2.45, 2.75) is 30.6 Å². The van der Waals surface area contributed by atoms with Gasteiger partial charge in [0.1, 0.15) is 5.75 Å². The molecule has 0 unspecified atom stereocenters. The molecular formula is C19H24N4O3S. The molecule has 3 rings (SSSR count). The molecule has 0 radical (unpaired) electrons. The fourth-order valence-electron chi connectivity index (χ4n) is 2.86. The van der Waals surface area contributed by atoms with Crippen LogP contribution < -0.4 is 10.1 Å². The molecule has 1 aromatic heterocycles. The van der Waals surface area contributed by atoms with Crippen LogP contribution >= 0.6 is 11.8 Å². The summed E-state index contributed by atoms with van der Waals surface area (Å²) in [5.74, 6) is 1.77. The van der Waals surface area contributed by atoms with E-state index < -0.39 is 0 Å². The molecule has 144 valence electrons. The number of carbonyl (C=O) groups is 1. The zero-order chi connectivity index (χ0) is 19.1. The monoisotopic (exact) mass is 388 g/mol. The summed E-state index contributed by atoms with van der Waals surface area (Å²) >= 11 is 1.36. The van der Waals surface area contributed by atoms with E-state index in [-0.39, 0.29) is 17.8 Å². The van der Waals surface area contributed by atoms with E-state index in [1.165, 1.54) is 11.8 Å². The minimum Gasteiger partial charge on any atom is -0.497 e. The number of hydrogen-bond acceptors (Lipinski definition) is 6. The van der Waals surface area contributed by atoms with E-state index in [1.807, 2.05) is 28.8 Å². The zero-order valence-electron chi connectivity index (χ0n) is 15.4. The zero-order valence-corrected chi connectivity index (χ0v) is 16.2. The SMILES string of the molecule is C=CCn1c(SCC(=O)NC[C@H]2CCCO2)nnc1-c1ccc(OC)cc1. The molecule has 2 aromatic rings. The van der Waals surface area contributed by atoms with E-state index in [2.05, 4.69) is 22.1 Å². The first-order valence-corrected chi connectivity index (χ1v) is 9.89. The third-order valence-corrected chi connectivity index (χ3v) is 5.23. The molecule has 2 heterocycles. The van der Waals surface area contributed by atoms with Crippen molar-refractivity contribution >= 4 is 17.7 Å². The maximum atomic E-state index is 12.1. The van der Waals surface area contributed by atoms with Crippen LogP contribution in [-0.4, -0.2) is 52.8 Å². The first-order valence-electron chi connectivity index (χ1n) is 8.91. The Morgan fingerprint density at radius 2 is 2.26 bits per heavy atom. The lowest BCUT2D eigenvalue weighted by atomic mass is 10.2. The number of nitrogens with zero attached hydrogens (tertiary/aromatic N) is 3. The molecule has 1 amide bonds. The second kappa shape index (κ2) is 9.57. The lowest BCUT2D eigenvalue weighted by molar-refractivity contribution is -0.119. The van der Waals surface area contributed by atoms with Crippen molar-refractivity contribution in [1.82, 2.24) is 20.1 Å². The van der Waals surface area contributed by atoms with Crippen molar-refractivity contribution in [3.05, 3.63) is 36.9 Å². The highest BCUT2D eigenvalue weighted by atomic mass is 32.2. The predicted octanol–water partition coefficient (Wildman–Crippen LogP) is 2.53. The molecule has 8 heteroatoms. The van der Waals surface area contributed by atoms with E-state index in [9.17, 15) is 4.79 Å². The number of rotatable bonds is 9. The van der Waals surface area contributed by atoms with E-state index in [0.717, 1.165) is 36.6 Å². The highest BCUT2D eigenvalue weighted by molar-refractivity contribution is 7.99. The molecule has 27 heavy (non-hydrogen) atoms. The van der Waals surface area contributed by atoms with Crippen molar-refractivity contribution < 1.29 is 14.3 Å². The third kappa shape index (κ3) is 5.11. The smallest absolute Gasteiger partial charge is 0.230 e. The lowest BCUT2D eigenvalue weighted by Gasteiger charge is -2.11. The Labute approximate surface area is 163 Å². The fraction of sp³-hybridized carbons (Fsp3) is 0.421. The summed E-state index contributed by atoms with van der Waals surface area (Å²) in [6.45, 7) is 5.72. The van der Waals surface area contributed by atoms with Gasteiger partial charge in [-0.3, -0.25) is 9.36 Å². The number of allylic oxidation sites excluding steroid dienone is 1. The number of thioether (sulfide) groups is 1. The number of hydrogen-bond donors (Lipinski definition) is 1. The molecule has 0 saturated carbocycles. The molecule has 1 fully saturated rings. The van der Waals surface area contributed by atoms with Crippen LogP contribution in [-0.2, 0) is 16.1 Å². The topological polar surface area (TPSA) is 78.3 Å². The van der Waals surface area contributed by atoms with Crippen LogP contribution in [0.1, 0.15) is 12.8 Å². The minimum absolute atomic E-state index is 0.0327. The fourth-order valence-corrected chi connectivity index (χ4v) is 3.63. The van der Waals surface area contributed by atoms with Gasteiger partial charge in [-0.1, -0.05) is 17.8 Å². The van der Waals surface area contributed by atoms with Gasteiger partial charge in [0.05, 0.1) is 19.0 Å². The van der Waals surface area contributed by atoms with Crippen LogP contribution in [0.5, 0.6) is 5.75 Å². The molecule has 1 aliphatic rings. The highest BCUT2D eigenvalue weighted by Crippen LogP contribution is 2.25. The number of ether oxygens (including phenoxy) is 2. The number of methoxy groups -OCH3 is 1. The number of aromatic nitrogens is 3. The van der Waals surface area contributed by atoms with Gasteiger partial charge < -0.3 is 14.8 Å². The number of carbonyl (C=O) groups excluding carboxylic acids is 1. The molecule has 1 N–H and O–H groups in total. The van der Waals surface area contributed by atoms with Gasteiger partial charge in [-0.05, 0) is 37.1 Å². The van der Waals surface area contributed by atoms with Crippen LogP contribution in [0.4, 0.5) is 0 Å². The Bertz CT molecular complexity index is 770. The van der Waals surface area contributed by atoms with Crippen LogP contribution in [0.3, 0.4) is 0 Å². The van der Waals surface area contributed by atoms with Gasteiger partial charge >= 0.3 is 0 Å². The van der Waals surface area contributed by atoms with Gasteiger partial charge in [-0.2, -0.15) is 0 Å². The van der Waals surface area contributed by atoms with Crippen LogP contribution in [0, 0.1) is 0 Å². The second-order valence-corrected chi connectivity index (χ2v) is 7.10. The van der Waals surface area contributed by atoms with E-state index in [1.54, 1.807) is 13.2 Å². The number of amides is 1. The Hall–Kier alpha value is -2.32. The quantitative estimate of drug-likeness (QED) is 0.525. The lowest BCUT2D eigenvalue weighted by Crippen LogP contribution is -2.32. The Morgan fingerprint density at radius 1 is 1.44 bits per heavy atom. The average molecular weight is 388 g/mol. The van der Waals surface area contributed by atoms with E-state index >= 15 is 0 Å². The van der Waals surface area contributed by atoms with Crippen LogP contribution in [0.2, 0.25) is 0 Å². The summed E-state index contributed by atoms with van der Waals surface area (Å²) in [6, 6.07) is 7.64. The molecule has 0 spiro atoms. The summed E-state index contributed by atoms with van der Waals surface area (Å²) in [5.41, 5.74) is 0.930. The summed E-state index contributed by atoms with van der Waals surface area (Å²) in [5, 5.41) is 12.2.